The number of hydroxylamine groups is 1. The third kappa shape index (κ3) is 3.74. The Morgan fingerprint density at radius 3 is 2.11 bits per heavy atom. The van der Waals surface area contributed by atoms with Crippen LogP contribution in [0.1, 0.15) is 10.4 Å². The van der Waals surface area contributed by atoms with Gasteiger partial charge in [0.1, 0.15) is 0 Å². The fraction of sp³-hybridized carbons (Fsp3) is 0.364. The standard InChI is InChI=1S/C11H17N3O4S/c1-13(2)12-11(15)9-5-7-10(8-6-9)19(16,17)14(3)18-4/h5-8H,1-4H3,(H,12,15). The molecule has 19 heavy (non-hydrogen) atoms. The van der Waals surface area contributed by atoms with Gasteiger partial charge in [0.15, 0.2) is 0 Å². The summed E-state index contributed by atoms with van der Waals surface area (Å²) in [6.07, 6.45) is 0. The molecule has 1 aromatic rings. The van der Waals surface area contributed by atoms with E-state index < -0.39 is 10.0 Å². The van der Waals surface area contributed by atoms with E-state index in [-0.39, 0.29) is 10.8 Å². The largest absolute Gasteiger partial charge is 0.288 e. The van der Waals surface area contributed by atoms with Gasteiger partial charge in [-0.2, -0.15) is 0 Å². The molecule has 8 heteroatoms. The van der Waals surface area contributed by atoms with Crippen LogP contribution in [0.4, 0.5) is 0 Å². The molecule has 0 atom stereocenters. The van der Waals surface area contributed by atoms with E-state index in [1.165, 1.54) is 43.4 Å². The van der Waals surface area contributed by atoms with Gasteiger partial charge in [0.25, 0.3) is 15.9 Å². The average Bonchev–Trinajstić information content (AvgIpc) is 2.37. The highest BCUT2D eigenvalue weighted by Gasteiger charge is 2.20. The number of nitrogens with one attached hydrogen (secondary N) is 1. The number of hydrazine groups is 1. The highest BCUT2D eigenvalue weighted by Crippen LogP contribution is 2.15. The minimum atomic E-state index is -3.69. The Balaban J connectivity index is 2.97. The van der Waals surface area contributed by atoms with E-state index in [2.05, 4.69) is 10.3 Å². The summed E-state index contributed by atoms with van der Waals surface area (Å²) in [6.45, 7) is 0. The third-order valence-corrected chi connectivity index (χ3v) is 4.03. The van der Waals surface area contributed by atoms with Gasteiger partial charge in [-0.3, -0.25) is 15.1 Å². The number of hydrogen-bond donors (Lipinski definition) is 1. The number of amides is 1. The van der Waals surface area contributed by atoms with Gasteiger partial charge in [-0.15, -0.1) is 0 Å². The summed E-state index contributed by atoms with van der Waals surface area (Å²) in [5.74, 6) is -0.311. The minimum absolute atomic E-state index is 0.0539. The van der Waals surface area contributed by atoms with Crippen LogP contribution in [0.3, 0.4) is 0 Å². The average molecular weight is 287 g/mol. The highest BCUT2D eigenvalue weighted by molar-refractivity contribution is 7.89. The summed E-state index contributed by atoms with van der Waals surface area (Å²) >= 11 is 0. The molecule has 0 aromatic heterocycles. The Bertz CT molecular complexity index is 540. The van der Waals surface area contributed by atoms with Crippen molar-refractivity contribution in [2.24, 2.45) is 0 Å². The van der Waals surface area contributed by atoms with Gasteiger partial charge in [0.05, 0.1) is 12.0 Å². The van der Waals surface area contributed by atoms with Crippen LogP contribution in [0, 0.1) is 0 Å². The van der Waals surface area contributed by atoms with E-state index in [4.69, 9.17) is 0 Å². The van der Waals surface area contributed by atoms with Crippen molar-refractivity contribution < 1.29 is 18.0 Å². The van der Waals surface area contributed by atoms with Gasteiger partial charge in [0, 0.05) is 26.7 Å². The number of rotatable bonds is 5. The highest BCUT2D eigenvalue weighted by atomic mass is 32.2. The number of carbonyl (C=O) groups is 1. The summed E-state index contributed by atoms with van der Waals surface area (Å²) in [4.78, 5) is 16.4. The molecule has 0 bridgehead atoms. The summed E-state index contributed by atoms with van der Waals surface area (Å²) in [7, 11) is 2.24. The van der Waals surface area contributed by atoms with Gasteiger partial charge < -0.3 is 0 Å². The lowest BCUT2D eigenvalue weighted by molar-refractivity contribution is -0.0258. The van der Waals surface area contributed by atoms with Crippen molar-refractivity contribution in [2.75, 3.05) is 28.3 Å². The molecule has 1 rings (SSSR count). The first-order chi connectivity index (χ1) is 8.78. The number of benzene rings is 1. The first-order valence-electron chi connectivity index (χ1n) is 5.40. The van der Waals surface area contributed by atoms with Crippen LogP contribution in [-0.4, -0.2) is 52.1 Å². The zero-order valence-electron chi connectivity index (χ0n) is 11.2. The van der Waals surface area contributed by atoms with Crippen LogP contribution in [0.2, 0.25) is 0 Å². The molecule has 0 heterocycles. The Labute approximate surface area is 112 Å². The van der Waals surface area contributed by atoms with Crippen molar-refractivity contribution in [1.29, 1.82) is 0 Å². The smallest absolute Gasteiger partial charge is 0.265 e. The van der Waals surface area contributed by atoms with Crippen LogP contribution in [0.5, 0.6) is 0 Å². The lowest BCUT2D eigenvalue weighted by atomic mass is 10.2. The number of hydrogen-bond acceptors (Lipinski definition) is 5. The molecule has 0 aliphatic heterocycles. The maximum atomic E-state index is 11.9. The number of sulfonamides is 1. The van der Waals surface area contributed by atoms with Crippen molar-refractivity contribution in [1.82, 2.24) is 14.9 Å². The predicted molar refractivity (Wildman–Crippen MR) is 69.6 cm³/mol. The zero-order valence-corrected chi connectivity index (χ0v) is 12.1. The van der Waals surface area contributed by atoms with Crippen LogP contribution < -0.4 is 5.43 Å². The second-order valence-electron chi connectivity index (χ2n) is 3.96. The van der Waals surface area contributed by atoms with Crippen LogP contribution in [-0.2, 0) is 14.9 Å². The summed E-state index contributed by atoms with van der Waals surface area (Å²) < 4.78 is 24.6. The Morgan fingerprint density at radius 2 is 1.68 bits per heavy atom. The SMILES string of the molecule is CON(C)S(=O)(=O)c1ccc(C(=O)NN(C)C)cc1. The zero-order chi connectivity index (χ0) is 14.6. The van der Waals surface area contributed by atoms with Crippen LogP contribution >= 0.6 is 0 Å². The maximum absolute atomic E-state index is 11.9. The summed E-state index contributed by atoms with van der Waals surface area (Å²) in [5.41, 5.74) is 2.93. The fourth-order valence-corrected chi connectivity index (χ4v) is 2.27. The Morgan fingerprint density at radius 1 is 1.16 bits per heavy atom. The lowest BCUT2D eigenvalue weighted by Crippen LogP contribution is -2.36. The second-order valence-corrected chi connectivity index (χ2v) is 5.89. The molecule has 1 aromatic carbocycles. The van der Waals surface area contributed by atoms with E-state index >= 15 is 0 Å². The molecule has 7 nitrogen and oxygen atoms in total. The van der Waals surface area contributed by atoms with Crippen molar-refractivity contribution in [3.63, 3.8) is 0 Å². The Hall–Kier alpha value is -1.48. The second kappa shape index (κ2) is 6.11. The van der Waals surface area contributed by atoms with Crippen molar-refractivity contribution >= 4 is 15.9 Å². The molecule has 0 fully saturated rings. The Kier molecular flexibility index (Phi) is 5.01. The van der Waals surface area contributed by atoms with Gasteiger partial charge >= 0.3 is 0 Å². The molecule has 1 amide bonds. The van der Waals surface area contributed by atoms with Gasteiger partial charge in [-0.05, 0) is 24.3 Å². The van der Waals surface area contributed by atoms with Crippen LogP contribution in [0.15, 0.2) is 29.2 Å². The molecule has 0 spiro atoms. The molecule has 0 aliphatic rings. The van der Waals surface area contributed by atoms with Crippen molar-refractivity contribution in [3.8, 4) is 0 Å². The minimum Gasteiger partial charge on any atom is -0.288 e. The fourth-order valence-electron chi connectivity index (χ4n) is 1.29. The molecule has 106 valence electrons. The van der Waals surface area contributed by atoms with E-state index in [0.717, 1.165) is 4.47 Å². The lowest BCUT2D eigenvalue weighted by Gasteiger charge is -2.15. The number of nitrogens with zero attached hydrogens (tertiary/aromatic N) is 2. The first-order valence-corrected chi connectivity index (χ1v) is 6.84. The van der Waals surface area contributed by atoms with E-state index in [1.807, 2.05) is 0 Å². The molecule has 1 N–H and O–H groups in total. The van der Waals surface area contributed by atoms with Crippen molar-refractivity contribution in [2.45, 2.75) is 4.90 Å². The van der Waals surface area contributed by atoms with E-state index in [1.54, 1.807) is 14.1 Å². The van der Waals surface area contributed by atoms with Crippen molar-refractivity contribution in [3.05, 3.63) is 29.8 Å². The predicted octanol–water partition coefficient (Wildman–Crippen LogP) is 0.0749. The monoisotopic (exact) mass is 287 g/mol. The molecule has 0 saturated carbocycles. The van der Waals surface area contributed by atoms with Crippen LogP contribution in [0.25, 0.3) is 0 Å². The summed E-state index contributed by atoms with van der Waals surface area (Å²) in [5, 5.41) is 1.51. The quantitative estimate of drug-likeness (QED) is 0.776. The molecule has 0 unspecified atom stereocenters. The molecule has 0 radical (unpaired) electrons. The topological polar surface area (TPSA) is 78.9 Å². The normalized spacial score (nSPS) is 11.9. The molecule has 0 aliphatic carbocycles. The van der Waals surface area contributed by atoms with E-state index in [9.17, 15) is 13.2 Å². The number of carbonyl (C=O) groups excluding carboxylic acids is 1. The molecular formula is C11H17N3O4S. The first kappa shape index (κ1) is 15.6. The third-order valence-electron chi connectivity index (χ3n) is 2.34. The molecule has 0 saturated heterocycles. The summed E-state index contributed by atoms with van der Waals surface area (Å²) in [6, 6.07) is 5.59. The van der Waals surface area contributed by atoms with E-state index in [0.29, 0.717) is 5.56 Å². The van der Waals surface area contributed by atoms with Gasteiger partial charge in [-0.1, -0.05) is 4.47 Å². The van der Waals surface area contributed by atoms with Gasteiger partial charge in [-0.25, -0.2) is 13.4 Å². The maximum Gasteiger partial charge on any atom is 0.265 e. The van der Waals surface area contributed by atoms with Gasteiger partial charge in [0.2, 0.25) is 0 Å². The molecular weight excluding hydrogens is 270 g/mol.